The highest BCUT2D eigenvalue weighted by molar-refractivity contribution is 6.05. The molecule has 1 saturated heterocycles. The Morgan fingerprint density at radius 3 is 2.07 bits per heavy atom. The zero-order valence-electron chi connectivity index (χ0n) is 17.4. The van der Waals surface area contributed by atoms with Gasteiger partial charge in [-0.05, 0) is 54.0 Å². The SMILES string of the molecule is CC(=O)c1c(C)[nH]c(C(=O)C(C)N2CCN(C(=O)OC(C)(C)C)CC2)c1C. The van der Waals surface area contributed by atoms with Crippen molar-refractivity contribution in [3.05, 3.63) is 22.5 Å². The number of piperazine rings is 1. The van der Waals surface area contributed by atoms with Crippen LogP contribution < -0.4 is 0 Å². The first-order valence-electron chi connectivity index (χ1n) is 9.38. The Kier molecular flexibility index (Phi) is 6.14. The number of aromatic nitrogens is 1. The summed E-state index contributed by atoms with van der Waals surface area (Å²) in [6, 6.07) is -0.331. The monoisotopic (exact) mass is 377 g/mol. The third-order valence-electron chi connectivity index (χ3n) is 4.93. The minimum absolute atomic E-state index is 0.0335. The Labute approximate surface area is 161 Å². The average molecular weight is 377 g/mol. The highest BCUT2D eigenvalue weighted by atomic mass is 16.6. The molecule has 0 bridgehead atoms. The molecule has 1 amide bonds. The zero-order valence-corrected chi connectivity index (χ0v) is 17.4. The van der Waals surface area contributed by atoms with E-state index in [0.717, 1.165) is 5.69 Å². The van der Waals surface area contributed by atoms with Crippen LogP contribution in [0.2, 0.25) is 0 Å². The van der Waals surface area contributed by atoms with E-state index in [-0.39, 0.29) is 23.7 Å². The number of rotatable bonds is 4. The van der Waals surface area contributed by atoms with Crippen molar-refractivity contribution >= 4 is 17.7 Å². The van der Waals surface area contributed by atoms with Gasteiger partial charge in [-0.25, -0.2) is 4.79 Å². The number of aryl methyl sites for hydroxylation is 1. The van der Waals surface area contributed by atoms with Crippen LogP contribution in [0.4, 0.5) is 4.79 Å². The van der Waals surface area contributed by atoms with Gasteiger partial charge in [-0.1, -0.05) is 0 Å². The van der Waals surface area contributed by atoms with Crippen LogP contribution in [0.1, 0.15) is 66.7 Å². The molecule has 1 aromatic rings. The van der Waals surface area contributed by atoms with E-state index in [1.165, 1.54) is 6.92 Å². The normalized spacial score (nSPS) is 16.9. The number of carbonyl (C=O) groups excluding carboxylic acids is 3. The number of nitrogens with one attached hydrogen (secondary N) is 1. The van der Waals surface area contributed by atoms with Crippen molar-refractivity contribution in [3.63, 3.8) is 0 Å². The van der Waals surface area contributed by atoms with Gasteiger partial charge >= 0.3 is 6.09 Å². The van der Waals surface area contributed by atoms with E-state index < -0.39 is 5.60 Å². The Bertz CT molecular complexity index is 737. The number of ether oxygens (including phenoxy) is 1. The third kappa shape index (κ3) is 4.77. The van der Waals surface area contributed by atoms with Gasteiger partial charge in [0.1, 0.15) is 5.60 Å². The van der Waals surface area contributed by atoms with Crippen LogP contribution in [0.5, 0.6) is 0 Å². The summed E-state index contributed by atoms with van der Waals surface area (Å²) in [4.78, 5) is 43.8. The second-order valence-corrected chi connectivity index (χ2v) is 8.22. The molecule has 27 heavy (non-hydrogen) atoms. The fraction of sp³-hybridized carbons (Fsp3) is 0.650. The van der Waals surface area contributed by atoms with E-state index in [1.807, 2.05) is 34.6 Å². The number of H-pyrrole nitrogens is 1. The summed E-state index contributed by atoms with van der Waals surface area (Å²) in [5.74, 6) is -0.0762. The van der Waals surface area contributed by atoms with Crippen molar-refractivity contribution in [2.24, 2.45) is 0 Å². The highest BCUT2D eigenvalue weighted by Crippen LogP contribution is 2.21. The smallest absolute Gasteiger partial charge is 0.410 e. The molecule has 1 unspecified atom stereocenters. The molecule has 1 aliphatic heterocycles. The Balaban J connectivity index is 2.03. The van der Waals surface area contributed by atoms with E-state index in [1.54, 1.807) is 11.8 Å². The fourth-order valence-electron chi connectivity index (χ4n) is 3.52. The third-order valence-corrected chi connectivity index (χ3v) is 4.93. The van der Waals surface area contributed by atoms with Gasteiger partial charge in [0.2, 0.25) is 0 Å². The van der Waals surface area contributed by atoms with E-state index in [0.29, 0.717) is 43.0 Å². The molecule has 1 aromatic heterocycles. The Morgan fingerprint density at radius 1 is 1.07 bits per heavy atom. The quantitative estimate of drug-likeness (QED) is 0.816. The van der Waals surface area contributed by atoms with Crippen LogP contribution in [0.3, 0.4) is 0 Å². The summed E-state index contributed by atoms with van der Waals surface area (Å²) < 4.78 is 5.41. The lowest BCUT2D eigenvalue weighted by atomic mass is 10.0. The maximum Gasteiger partial charge on any atom is 0.410 e. The molecule has 0 aromatic carbocycles. The van der Waals surface area contributed by atoms with Crippen molar-refractivity contribution < 1.29 is 19.1 Å². The van der Waals surface area contributed by atoms with Crippen LogP contribution in [0, 0.1) is 13.8 Å². The second kappa shape index (κ2) is 7.84. The summed E-state index contributed by atoms with van der Waals surface area (Å²) in [5.41, 5.74) is 2.02. The summed E-state index contributed by atoms with van der Waals surface area (Å²) in [7, 11) is 0. The summed E-state index contributed by atoms with van der Waals surface area (Å²) >= 11 is 0. The van der Waals surface area contributed by atoms with E-state index in [2.05, 4.69) is 9.88 Å². The van der Waals surface area contributed by atoms with Crippen LogP contribution in [-0.2, 0) is 4.74 Å². The molecule has 150 valence electrons. The number of nitrogens with zero attached hydrogens (tertiary/aromatic N) is 2. The van der Waals surface area contributed by atoms with Crippen LogP contribution in [0.25, 0.3) is 0 Å². The molecular weight excluding hydrogens is 346 g/mol. The van der Waals surface area contributed by atoms with E-state index >= 15 is 0 Å². The first-order valence-corrected chi connectivity index (χ1v) is 9.38. The van der Waals surface area contributed by atoms with Crippen molar-refractivity contribution in [2.45, 2.75) is 60.1 Å². The topological polar surface area (TPSA) is 82.7 Å². The van der Waals surface area contributed by atoms with Gasteiger partial charge in [0, 0.05) is 37.4 Å². The molecule has 1 N–H and O–H groups in total. The van der Waals surface area contributed by atoms with Gasteiger partial charge in [0.25, 0.3) is 0 Å². The van der Waals surface area contributed by atoms with Crippen molar-refractivity contribution in [3.8, 4) is 0 Å². The van der Waals surface area contributed by atoms with Gasteiger partial charge < -0.3 is 14.6 Å². The molecule has 0 aliphatic carbocycles. The minimum atomic E-state index is -0.519. The minimum Gasteiger partial charge on any atom is -0.444 e. The molecule has 7 nitrogen and oxygen atoms in total. The lowest BCUT2D eigenvalue weighted by Gasteiger charge is -2.37. The standard InChI is InChI=1S/C20H31N3O4/c1-12-16(15(4)24)13(2)21-17(12)18(25)14(3)22-8-10-23(11-9-22)19(26)27-20(5,6)7/h14,21H,8-11H2,1-7H3. The van der Waals surface area contributed by atoms with E-state index in [4.69, 9.17) is 4.74 Å². The number of carbonyl (C=O) groups is 3. The Morgan fingerprint density at radius 2 is 1.63 bits per heavy atom. The highest BCUT2D eigenvalue weighted by Gasteiger charge is 2.31. The molecule has 2 heterocycles. The van der Waals surface area contributed by atoms with Crippen LogP contribution >= 0.6 is 0 Å². The lowest BCUT2D eigenvalue weighted by molar-refractivity contribution is 0.0117. The first kappa shape index (κ1) is 21.2. The van der Waals surface area contributed by atoms with Crippen molar-refractivity contribution in [1.29, 1.82) is 0 Å². The summed E-state index contributed by atoms with van der Waals surface area (Å²) in [5, 5.41) is 0. The number of aromatic amines is 1. The molecule has 1 atom stereocenters. The molecule has 0 saturated carbocycles. The number of hydrogen-bond donors (Lipinski definition) is 1. The van der Waals surface area contributed by atoms with Gasteiger partial charge in [0.05, 0.1) is 11.7 Å². The van der Waals surface area contributed by atoms with E-state index in [9.17, 15) is 14.4 Å². The first-order chi connectivity index (χ1) is 12.4. The predicted octanol–water partition coefficient (Wildman–Crippen LogP) is 2.96. The van der Waals surface area contributed by atoms with Gasteiger partial charge in [-0.2, -0.15) is 0 Å². The van der Waals surface area contributed by atoms with Crippen LogP contribution in [0.15, 0.2) is 0 Å². The van der Waals surface area contributed by atoms with Gasteiger partial charge in [-0.15, -0.1) is 0 Å². The van der Waals surface area contributed by atoms with Crippen molar-refractivity contribution in [2.75, 3.05) is 26.2 Å². The van der Waals surface area contributed by atoms with Gasteiger partial charge in [-0.3, -0.25) is 14.5 Å². The molecule has 1 aliphatic rings. The molecule has 0 radical (unpaired) electrons. The number of amides is 1. The number of hydrogen-bond acceptors (Lipinski definition) is 5. The predicted molar refractivity (Wildman–Crippen MR) is 103 cm³/mol. The maximum atomic E-state index is 13.0. The molecular formula is C20H31N3O4. The van der Waals surface area contributed by atoms with Crippen molar-refractivity contribution in [1.82, 2.24) is 14.8 Å². The fourth-order valence-corrected chi connectivity index (χ4v) is 3.52. The zero-order chi connectivity index (χ0) is 20.5. The molecule has 7 heteroatoms. The molecule has 1 fully saturated rings. The molecule has 2 rings (SSSR count). The average Bonchev–Trinajstić information content (AvgIpc) is 2.86. The summed E-state index contributed by atoms with van der Waals surface area (Å²) in [6.45, 7) is 14.8. The van der Waals surface area contributed by atoms with Crippen LogP contribution in [-0.4, -0.2) is 70.3 Å². The van der Waals surface area contributed by atoms with Gasteiger partial charge in [0.15, 0.2) is 11.6 Å². The Hall–Kier alpha value is -2.15. The maximum absolute atomic E-state index is 13.0. The lowest BCUT2D eigenvalue weighted by Crippen LogP contribution is -2.53. The number of Topliss-reactive ketones (excluding diaryl/α,β-unsaturated/α-hetero) is 2. The molecule has 0 spiro atoms. The largest absolute Gasteiger partial charge is 0.444 e. The summed E-state index contributed by atoms with van der Waals surface area (Å²) in [6.07, 6.45) is -0.317. The second-order valence-electron chi connectivity index (χ2n) is 8.22. The number of ketones is 2.